The van der Waals surface area contributed by atoms with Crippen LogP contribution in [0, 0.1) is 18.7 Å². The van der Waals surface area contributed by atoms with Crippen molar-refractivity contribution in [1.29, 1.82) is 0 Å². The highest BCUT2D eigenvalue weighted by Gasteiger charge is 2.18. The first kappa shape index (κ1) is 17.7. The van der Waals surface area contributed by atoms with Gasteiger partial charge < -0.3 is 20.6 Å². The van der Waals surface area contributed by atoms with E-state index in [1.54, 1.807) is 6.92 Å². The zero-order valence-electron chi connectivity index (χ0n) is 13.8. The molecule has 3 N–H and O–H groups in total. The monoisotopic (exact) mass is 323 g/mol. The second-order valence-electron chi connectivity index (χ2n) is 6.43. The number of amides is 2. The van der Waals surface area contributed by atoms with Gasteiger partial charge in [0.1, 0.15) is 5.82 Å². The van der Waals surface area contributed by atoms with Crippen LogP contribution in [-0.2, 0) is 0 Å². The van der Waals surface area contributed by atoms with E-state index in [-0.39, 0.29) is 12.4 Å². The highest BCUT2D eigenvalue weighted by atomic mass is 19.1. The summed E-state index contributed by atoms with van der Waals surface area (Å²) in [5, 5.41) is 15.4. The van der Waals surface area contributed by atoms with Crippen LogP contribution in [0.5, 0.6) is 0 Å². The van der Waals surface area contributed by atoms with Crippen molar-refractivity contribution in [3.63, 3.8) is 0 Å². The molecule has 0 radical (unpaired) electrons. The van der Waals surface area contributed by atoms with Crippen molar-refractivity contribution < 1.29 is 14.3 Å². The number of likely N-dealkylation sites (tertiary alicyclic amines) is 1. The van der Waals surface area contributed by atoms with Crippen LogP contribution in [0.25, 0.3) is 0 Å². The third-order valence-corrected chi connectivity index (χ3v) is 4.28. The number of urea groups is 1. The maximum atomic E-state index is 13.0. The minimum absolute atomic E-state index is 0.193. The van der Waals surface area contributed by atoms with Gasteiger partial charge in [-0.2, -0.15) is 0 Å². The Kier molecular flexibility index (Phi) is 6.36. The number of benzene rings is 1. The molecule has 6 heteroatoms. The summed E-state index contributed by atoms with van der Waals surface area (Å²) >= 11 is 0. The van der Waals surface area contributed by atoms with Crippen LogP contribution < -0.4 is 10.6 Å². The molecule has 2 amide bonds. The Labute approximate surface area is 136 Å². The molecule has 0 spiro atoms. The van der Waals surface area contributed by atoms with E-state index >= 15 is 0 Å². The SMILES string of the molecule is Cc1cc(F)ccc1NC(=O)NCC(O)CN1CCC(C)CC1. The number of halogens is 1. The Bertz CT molecular complexity index is 531. The van der Waals surface area contributed by atoms with Gasteiger partial charge in [-0.25, -0.2) is 9.18 Å². The van der Waals surface area contributed by atoms with Gasteiger partial charge in [0.05, 0.1) is 6.10 Å². The summed E-state index contributed by atoms with van der Waals surface area (Å²) in [4.78, 5) is 14.1. The third kappa shape index (κ3) is 5.80. The molecule has 1 saturated heterocycles. The number of carbonyl (C=O) groups excluding carboxylic acids is 1. The number of rotatable bonds is 5. The first-order valence-electron chi connectivity index (χ1n) is 8.15. The van der Waals surface area contributed by atoms with Crippen LogP contribution in [0.1, 0.15) is 25.3 Å². The molecule has 0 aromatic heterocycles. The minimum Gasteiger partial charge on any atom is -0.390 e. The van der Waals surface area contributed by atoms with Gasteiger partial charge in [-0.1, -0.05) is 6.92 Å². The summed E-state index contributed by atoms with van der Waals surface area (Å²) in [6.07, 6.45) is 1.72. The second-order valence-corrected chi connectivity index (χ2v) is 6.43. The van der Waals surface area contributed by atoms with Crippen LogP contribution in [0.2, 0.25) is 0 Å². The summed E-state index contributed by atoms with van der Waals surface area (Å²) in [5.74, 6) is 0.422. The number of aliphatic hydroxyl groups excluding tert-OH is 1. The fourth-order valence-electron chi connectivity index (χ4n) is 2.75. The second kappa shape index (κ2) is 8.26. The van der Waals surface area contributed by atoms with Gasteiger partial charge in [0.2, 0.25) is 0 Å². The number of aryl methyl sites for hydroxylation is 1. The van der Waals surface area contributed by atoms with E-state index in [9.17, 15) is 14.3 Å². The van der Waals surface area contributed by atoms with Crippen molar-refractivity contribution in [2.45, 2.75) is 32.8 Å². The smallest absolute Gasteiger partial charge is 0.319 e. The van der Waals surface area contributed by atoms with Gasteiger partial charge in [0.25, 0.3) is 0 Å². The van der Waals surface area contributed by atoms with Crippen LogP contribution in [0.4, 0.5) is 14.9 Å². The Morgan fingerprint density at radius 1 is 1.43 bits per heavy atom. The molecule has 0 aliphatic carbocycles. The van der Waals surface area contributed by atoms with Gasteiger partial charge in [-0.3, -0.25) is 0 Å². The standard InChI is InChI=1S/C17H26FN3O2/c1-12-5-7-21(8-6-12)11-15(22)10-19-17(23)20-16-4-3-14(18)9-13(16)2/h3-4,9,12,15,22H,5-8,10-11H2,1-2H3,(H2,19,20,23). The van der Waals surface area contributed by atoms with Crippen LogP contribution >= 0.6 is 0 Å². The number of carbonyl (C=O) groups is 1. The number of aliphatic hydroxyl groups is 1. The lowest BCUT2D eigenvalue weighted by molar-refractivity contribution is 0.0924. The Morgan fingerprint density at radius 2 is 2.13 bits per heavy atom. The largest absolute Gasteiger partial charge is 0.390 e. The molecule has 0 bridgehead atoms. The molecule has 1 aliphatic rings. The summed E-state index contributed by atoms with van der Waals surface area (Å²) < 4.78 is 13.0. The van der Waals surface area contributed by atoms with Crippen LogP contribution in [0.3, 0.4) is 0 Å². The molecule has 1 atom stereocenters. The fraction of sp³-hybridized carbons (Fsp3) is 0.588. The molecule has 1 fully saturated rings. The summed E-state index contributed by atoms with van der Waals surface area (Å²) in [6.45, 7) is 6.74. The minimum atomic E-state index is -0.594. The molecule has 128 valence electrons. The normalized spacial score (nSPS) is 17.7. The Balaban J connectivity index is 1.71. The van der Waals surface area contributed by atoms with Crippen molar-refractivity contribution in [1.82, 2.24) is 10.2 Å². The number of nitrogens with one attached hydrogen (secondary N) is 2. The van der Waals surface area contributed by atoms with Crippen molar-refractivity contribution in [2.24, 2.45) is 5.92 Å². The number of β-amino-alcohol motifs (C(OH)–C–C–N with tert-alkyl or cyclic N) is 1. The maximum Gasteiger partial charge on any atom is 0.319 e. The summed E-state index contributed by atoms with van der Waals surface area (Å²) in [5.41, 5.74) is 1.21. The van der Waals surface area contributed by atoms with E-state index in [0.717, 1.165) is 31.8 Å². The molecule has 0 saturated carbocycles. The molecule has 2 rings (SSSR count). The number of piperidine rings is 1. The number of nitrogens with zero attached hydrogens (tertiary/aromatic N) is 1. The van der Waals surface area contributed by atoms with E-state index in [2.05, 4.69) is 22.5 Å². The lowest BCUT2D eigenvalue weighted by atomic mass is 9.99. The van der Waals surface area contributed by atoms with Crippen LogP contribution in [-0.4, -0.2) is 48.3 Å². The van der Waals surface area contributed by atoms with E-state index in [0.29, 0.717) is 17.8 Å². The Morgan fingerprint density at radius 3 is 2.78 bits per heavy atom. The molecule has 5 nitrogen and oxygen atoms in total. The van der Waals surface area contributed by atoms with E-state index in [1.165, 1.54) is 18.2 Å². The molecule has 1 aliphatic heterocycles. The predicted molar refractivity (Wildman–Crippen MR) is 89.0 cm³/mol. The molecule has 1 aromatic carbocycles. The summed E-state index contributed by atoms with van der Waals surface area (Å²) in [6, 6.07) is 3.79. The lowest BCUT2D eigenvalue weighted by Crippen LogP contribution is -2.43. The van der Waals surface area contributed by atoms with Crippen molar-refractivity contribution in [3.8, 4) is 0 Å². The van der Waals surface area contributed by atoms with Crippen molar-refractivity contribution >= 4 is 11.7 Å². The van der Waals surface area contributed by atoms with Gasteiger partial charge in [0, 0.05) is 18.8 Å². The zero-order valence-corrected chi connectivity index (χ0v) is 13.8. The average molecular weight is 323 g/mol. The highest BCUT2D eigenvalue weighted by molar-refractivity contribution is 5.90. The molecule has 23 heavy (non-hydrogen) atoms. The average Bonchev–Trinajstić information content (AvgIpc) is 2.50. The predicted octanol–water partition coefficient (Wildman–Crippen LogP) is 2.35. The molecule has 1 aromatic rings. The molecular weight excluding hydrogens is 297 g/mol. The first-order chi connectivity index (χ1) is 10.9. The van der Waals surface area contributed by atoms with E-state index < -0.39 is 12.1 Å². The topological polar surface area (TPSA) is 64.6 Å². The number of anilines is 1. The van der Waals surface area contributed by atoms with E-state index in [4.69, 9.17) is 0 Å². The third-order valence-electron chi connectivity index (χ3n) is 4.28. The highest BCUT2D eigenvalue weighted by Crippen LogP contribution is 2.16. The lowest BCUT2D eigenvalue weighted by Gasteiger charge is -2.31. The van der Waals surface area contributed by atoms with E-state index in [1.807, 2.05) is 0 Å². The van der Waals surface area contributed by atoms with Crippen LogP contribution in [0.15, 0.2) is 18.2 Å². The quantitative estimate of drug-likeness (QED) is 0.779. The zero-order chi connectivity index (χ0) is 16.8. The van der Waals surface area contributed by atoms with Crippen molar-refractivity contribution in [2.75, 3.05) is 31.5 Å². The van der Waals surface area contributed by atoms with Crippen molar-refractivity contribution in [3.05, 3.63) is 29.6 Å². The molecule has 1 unspecified atom stereocenters. The molecular formula is C17H26FN3O2. The number of hydrogen-bond acceptors (Lipinski definition) is 3. The first-order valence-corrected chi connectivity index (χ1v) is 8.15. The fourth-order valence-corrected chi connectivity index (χ4v) is 2.75. The van der Waals surface area contributed by atoms with Gasteiger partial charge >= 0.3 is 6.03 Å². The Hall–Kier alpha value is -1.66. The van der Waals surface area contributed by atoms with Gasteiger partial charge in [-0.05, 0) is 62.5 Å². The molecule has 1 heterocycles. The van der Waals surface area contributed by atoms with Gasteiger partial charge in [-0.15, -0.1) is 0 Å². The van der Waals surface area contributed by atoms with Gasteiger partial charge in [0.15, 0.2) is 0 Å². The maximum absolute atomic E-state index is 13.0. The summed E-state index contributed by atoms with van der Waals surface area (Å²) in [7, 11) is 0. The number of hydrogen-bond donors (Lipinski definition) is 3.